The summed E-state index contributed by atoms with van der Waals surface area (Å²) >= 11 is 0. The van der Waals surface area contributed by atoms with Crippen molar-refractivity contribution in [2.45, 2.75) is 37.6 Å². The number of fused-ring (bicyclic) bond motifs is 13. The molecule has 46 heavy (non-hydrogen) atoms. The van der Waals surface area contributed by atoms with Crippen molar-refractivity contribution in [3.8, 4) is 0 Å². The third-order valence-electron chi connectivity index (χ3n) is 9.55. The minimum Gasteiger partial charge on any atom is -0.480 e. The Bertz CT molecular complexity index is 2270. The van der Waals surface area contributed by atoms with Crippen LogP contribution >= 0.6 is 0 Å². The zero-order chi connectivity index (χ0) is 32.0. The molecule has 3 aliphatic heterocycles. The van der Waals surface area contributed by atoms with Crippen molar-refractivity contribution in [2.75, 3.05) is 13.7 Å². The molecule has 4 aromatic carbocycles. The fourth-order valence-electron chi connectivity index (χ4n) is 7.54. The summed E-state index contributed by atoms with van der Waals surface area (Å²) in [7, 11) is 1.53. The molecule has 11 nitrogen and oxygen atoms in total. The number of hydrogen-bond donors (Lipinski definition) is 4. The SMILES string of the molecule is CO[C@@]1(O)C[C@H]2O[C@]1(C)n1c3ccccc3c3c4c(c5c6ccccc6n2c5c31)C(=O)NC4.O=C(O)CNC(=O)c1ccccc1. The molecule has 0 spiro atoms. The van der Waals surface area contributed by atoms with Crippen molar-refractivity contribution in [3.05, 3.63) is 95.6 Å². The number of para-hydroxylation sites is 2. The van der Waals surface area contributed by atoms with Crippen LogP contribution in [0.1, 0.15) is 45.9 Å². The van der Waals surface area contributed by atoms with E-state index in [4.69, 9.17) is 14.6 Å². The number of amides is 2. The van der Waals surface area contributed by atoms with E-state index in [1.54, 1.807) is 30.3 Å². The van der Waals surface area contributed by atoms with Gasteiger partial charge in [0, 0.05) is 40.8 Å². The van der Waals surface area contributed by atoms with Crippen molar-refractivity contribution in [1.82, 2.24) is 19.8 Å². The van der Waals surface area contributed by atoms with Crippen LogP contribution in [0.4, 0.5) is 0 Å². The van der Waals surface area contributed by atoms with E-state index in [0.29, 0.717) is 12.1 Å². The summed E-state index contributed by atoms with van der Waals surface area (Å²) in [5.41, 5.74) is 4.92. The second-order valence-corrected chi connectivity index (χ2v) is 11.9. The van der Waals surface area contributed by atoms with Crippen LogP contribution in [0.25, 0.3) is 43.6 Å². The number of benzene rings is 4. The van der Waals surface area contributed by atoms with Gasteiger partial charge in [-0.2, -0.15) is 0 Å². The average molecular weight is 619 g/mol. The molecule has 1 fully saturated rings. The van der Waals surface area contributed by atoms with Gasteiger partial charge >= 0.3 is 5.97 Å². The Kier molecular flexibility index (Phi) is 6.07. The molecule has 6 aromatic rings. The van der Waals surface area contributed by atoms with Crippen LogP contribution in [0.3, 0.4) is 0 Å². The number of ether oxygens (including phenoxy) is 2. The van der Waals surface area contributed by atoms with Gasteiger partial charge in [0.25, 0.3) is 11.8 Å². The summed E-state index contributed by atoms with van der Waals surface area (Å²) in [6.07, 6.45) is -0.184. The van der Waals surface area contributed by atoms with E-state index in [1.165, 1.54) is 7.11 Å². The lowest BCUT2D eigenvalue weighted by Gasteiger charge is -2.38. The minimum absolute atomic E-state index is 0.0402. The molecule has 5 heterocycles. The van der Waals surface area contributed by atoms with Crippen LogP contribution in [-0.4, -0.2) is 56.6 Å². The maximum atomic E-state index is 13.2. The summed E-state index contributed by atoms with van der Waals surface area (Å²) in [5, 5.41) is 29.4. The molecule has 232 valence electrons. The predicted molar refractivity (Wildman–Crippen MR) is 170 cm³/mol. The molecule has 4 N–H and O–H groups in total. The number of nitrogens with one attached hydrogen (secondary N) is 2. The monoisotopic (exact) mass is 618 g/mol. The van der Waals surface area contributed by atoms with Gasteiger partial charge < -0.3 is 39.5 Å². The molecule has 2 aromatic heterocycles. The van der Waals surface area contributed by atoms with Gasteiger partial charge in [0.2, 0.25) is 5.79 Å². The number of carbonyl (C=O) groups excluding carboxylic acids is 2. The Balaban J connectivity index is 0.000000204. The van der Waals surface area contributed by atoms with Gasteiger partial charge in [-0.05, 0) is 36.8 Å². The van der Waals surface area contributed by atoms with E-state index in [1.807, 2.05) is 37.3 Å². The Hall–Kier alpha value is -5.23. The number of carboxylic acids is 1. The Morgan fingerprint density at radius 2 is 1.63 bits per heavy atom. The highest BCUT2D eigenvalue weighted by Gasteiger charge is 2.61. The van der Waals surface area contributed by atoms with Crippen LogP contribution in [0.2, 0.25) is 0 Å². The summed E-state index contributed by atoms with van der Waals surface area (Å²) in [6.45, 7) is 2.02. The van der Waals surface area contributed by atoms with Crippen molar-refractivity contribution in [1.29, 1.82) is 0 Å². The molecule has 0 radical (unpaired) electrons. The van der Waals surface area contributed by atoms with Crippen molar-refractivity contribution in [2.24, 2.45) is 0 Å². The van der Waals surface area contributed by atoms with E-state index in [2.05, 4.69) is 38.0 Å². The molecule has 2 bridgehead atoms. The smallest absolute Gasteiger partial charge is 0.322 e. The first-order valence-electron chi connectivity index (χ1n) is 15.0. The van der Waals surface area contributed by atoms with Gasteiger partial charge in [0.05, 0.1) is 34.1 Å². The zero-order valence-electron chi connectivity index (χ0n) is 25.0. The molecule has 0 aliphatic carbocycles. The predicted octanol–water partition coefficient (Wildman–Crippen LogP) is 4.59. The molecule has 11 heteroatoms. The first-order chi connectivity index (χ1) is 22.2. The summed E-state index contributed by atoms with van der Waals surface area (Å²) in [5.74, 6) is -3.00. The third-order valence-corrected chi connectivity index (χ3v) is 9.55. The number of carbonyl (C=O) groups is 3. The number of hydrogen-bond acceptors (Lipinski definition) is 6. The second kappa shape index (κ2) is 9.88. The number of rotatable bonds is 4. The Morgan fingerprint density at radius 1 is 0.978 bits per heavy atom. The summed E-state index contributed by atoms with van der Waals surface area (Å²) < 4.78 is 16.7. The van der Waals surface area contributed by atoms with E-state index >= 15 is 0 Å². The van der Waals surface area contributed by atoms with Gasteiger partial charge in [-0.3, -0.25) is 14.4 Å². The zero-order valence-corrected chi connectivity index (χ0v) is 25.0. The van der Waals surface area contributed by atoms with Crippen LogP contribution < -0.4 is 10.6 Å². The van der Waals surface area contributed by atoms with E-state index in [0.717, 1.165) is 54.7 Å². The average Bonchev–Trinajstić information content (AvgIpc) is 3.77. The highest BCUT2D eigenvalue weighted by molar-refractivity contribution is 6.31. The molecule has 0 unspecified atom stereocenters. The van der Waals surface area contributed by atoms with Crippen molar-refractivity contribution < 1.29 is 34.1 Å². The fraction of sp³-hybridized carbons (Fsp3) is 0.229. The van der Waals surface area contributed by atoms with Gasteiger partial charge in [0.15, 0.2) is 5.72 Å². The lowest BCUT2D eigenvalue weighted by atomic mass is 9.96. The molecule has 2 amide bonds. The molecule has 3 atom stereocenters. The number of methoxy groups -OCH3 is 1. The van der Waals surface area contributed by atoms with Crippen LogP contribution in [0.15, 0.2) is 78.9 Å². The Labute approximate surface area is 261 Å². The van der Waals surface area contributed by atoms with Crippen LogP contribution in [-0.2, 0) is 26.5 Å². The summed E-state index contributed by atoms with van der Waals surface area (Å²) in [4.78, 5) is 34.5. The molecule has 9 rings (SSSR count). The highest BCUT2D eigenvalue weighted by atomic mass is 16.7. The Morgan fingerprint density at radius 3 is 2.33 bits per heavy atom. The van der Waals surface area contributed by atoms with Gasteiger partial charge in [-0.1, -0.05) is 54.6 Å². The maximum absolute atomic E-state index is 13.2. The van der Waals surface area contributed by atoms with E-state index in [9.17, 15) is 19.5 Å². The number of aliphatic carboxylic acids is 1. The quantitative estimate of drug-likeness (QED) is 0.212. The lowest BCUT2D eigenvalue weighted by Crippen LogP contribution is -2.51. The van der Waals surface area contributed by atoms with Gasteiger partial charge in [-0.15, -0.1) is 0 Å². The topological polar surface area (TPSA) is 144 Å². The number of nitrogens with zero attached hydrogens (tertiary/aromatic N) is 2. The molecular weight excluding hydrogens is 588 g/mol. The first kappa shape index (κ1) is 28.3. The molecular formula is C35H30N4O7. The second-order valence-electron chi connectivity index (χ2n) is 11.9. The number of carboxylic acid groups (broad SMARTS) is 1. The van der Waals surface area contributed by atoms with Gasteiger partial charge in [-0.25, -0.2) is 0 Å². The molecule has 1 saturated heterocycles. The van der Waals surface area contributed by atoms with E-state index < -0.39 is 23.7 Å². The number of aromatic nitrogens is 2. The fourth-order valence-corrected chi connectivity index (χ4v) is 7.54. The molecule has 0 saturated carbocycles. The van der Waals surface area contributed by atoms with Gasteiger partial charge in [0.1, 0.15) is 12.8 Å². The van der Waals surface area contributed by atoms with Crippen LogP contribution in [0.5, 0.6) is 0 Å². The standard InChI is InChI=1S/C26H21N3O4.C9H9NO3/c1-25-26(31,32-2)11-18(33-25)28-16-9-5-3-7-13(16)20-21-15(12-27-24(21)30)19-14-8-4-6-10-17(14)29(25)23(19)22(20)28;11-8(12)6-10-9(13)7-4-2-1-3-5-7/h3-10,18,31H,11-12H2,1-2H3,(H,27,30);1-5H,6H2,(H,10,13)(H,11,12)/t18-,25+,26+;/m1./s1. The molecule has 3 aliphatic rings. The van der Waals surface area contributed by atoms with Crippen molar-refractivity contribution in [3.63, 3.8) is 0 Å². The van der Waals surface area contributed by atoms with Crippen LogP contribution in [0, 0.1) is 0 Å². The normalized spacial score (nSPS) is 22.6. The third kappa shape index (κ3) is 3.67. The number of aliphatic hydroxyl groups is 1. The summed E-state index contributed by atoms with van der Waals surface area (Å²) in [6, 6.07) is 24.7. The lowest BCUT2D eigenvalue weighted by molar-refractivity contribution is -0.285. The minimum atomic E-state index is -1.53. The first-order valence-corrected chi connectivity index (χ1v) is 15.0. The van der Waals surface area contributed by atoms with E-state index in [-0.39, 0.29) is 24.8 Å². The largest absolute Gasteiger partial charge is 0.480 e. The maximum Gasteiger partial charge on any atom is 0.322 e. The highest BCUT2D eigenvalue weighted by Crippen LogP contribution is 2.57. The van der Waals surface area contributed by atoms with Crippen molar-refractivity contribution >= 4 is 61.4 Å².